The second kappa shape index (κ2) is 5.51. The molecule has 116 valence electrons. The molecule has 1 amide bonds. The smallest absolute Gasteiger partial charge is 0.325 e. The van der Waals surface area contributed by atoms with Crippen molar-refractivity contribution in [2.45, 2.75) is 19.9 Å². The molecular formula is C15H16N2O5. The molecule has 0 bridgehead atoms. The first-order chi connectivity index (χ1) is 10.2. The molecule has 7 nitrogen and oxygen atoms in total. The molecular weight excluding hydrogens is 288 g/mol. The second-order valence-corrected chi connectivity index (χ2v) is 5.14. The summed E-state index contributed by atoms with van der Waals surface area (Å²) in [6.07, 6.45) is 0. The lowest BCUT2D eigenvalue weighted by molar-refractivity contribution is -0.138. The Morgan fingerprint density at radius 1 is 1.32 bits per heavy atom. The minimum atomic E-state index is -1.23. The molecule has 0 radical (unpaired) electrons. The van der Waals surface area contributed by atoms with Crippen LogP contribution in [0.2, 0.25) is 0 Å². The highest BCUT2D eigenvalue weighted by Gasteiger charge is 2.24. The van der Waals surface area contributed by atoms with E-state index >= 15 is 0 Å². The van der Waals surface area contributed by atoms with Gasteiger partial charge in [0.1, 0.15) is 17.4 Å². The lowest BCUT2D eigenvalue weighted by atomic mass is 10.1. The van der Waals surface area contributed by atoms with Crippen molar-refractivity contribution in [2.75, 3.05) is 0 Å². The molecule has 1 atom stereocenters. The van der Waals surface area contributed by atoms with Gasteiger partial charge in [0.2, 0.25) is 0 Å². The van der Waals surface area contributed by atoms with E-state index in [9.17, 15) is 19.5 Å². The van der Waals surface area contributed by atoms with Gasteiger partial charge in [0.05, 0.1) is 5.52 Å². The van der Waals surface area contributed by atoms with Gasteiger partial charge in [-0.05, 0) is 26.0 Å². The molecule has 2 rings (SSSR count). The number of benzene rings is 1. The highest BCUT2D eigenvalue weighted by molar-refractivity contribution is 6.03. The number of amides is 1. The van der Waals surface area contributed by atoms with E-state index in [-0.39, 0.29) is 0 Å². The second-order valence-electron chi connectivity index (χ2n) is 5.14. The normalized spacial score (nSPS) is 12.1. The van der Waals surface area contributed by atoms with Crippen LogP contribution in [-0.2, 0) is 11.8 Å². The summed E-state index contributed by atoms with van der Waals surface area (Å²) >= 11 is 0. The molecule has 1 aromatic carbocycles. The number of carbonyl (C=O) groups excluding carboxylic acids is 1. The van der Waals surface area contributed by atoms with E-state index in [1.54, 1.807) is 18.2 Å². The summed E-state index contributed by atoms with van der Waals surface area (Å²) in [5.41, 5.74) is 0.181. The van der Waals surface area contributed by atoms with Crippen LogP contribution in [0.5, 0.6) is 5.75 Å². The molecule has 0 aliphatic carbocycles. The van der Waals surface area contributed by atoms with Gasteiger partial charge in [-0.25, -0.2) is 0 Å². The quantitative estimate of drug-likeness (QED) is 0.775. The Balaban J connectivity index is 2.66. The van der Waals surface area contributed by atoms with Crippen LogP contribution < -0.4 is 10.9 Å². The summed E-state index contributed by atoms with van der Waals surface area (Å²) in [4.78, 5) is 35.2. The number of carbonyl (C=O) groups is 2. The fraction of sp³-hybridized carbons (Fsp3) is 0.267. The third-order valence-corrected chi connectivity index (χ3v) is 3.47. The lowest BCUT2D eigenvalue weighted by Gasteiger charge is -2.14. The number of aromatic nitrogens is 1. The molecule has 1 aromatic heterocycles. The zero-order chi connectivity index (χ0) is 16.6. The number of hydrogen-bond acceptors (Lipinski definition) is 4. The van der Waals surface area contributed by atoms with Crippen LogP contribution in [0.4, 0.5) is 0 Å². The van der Waals surface area contributed by atoms with Crippen molar-refractivity contribution in [3.8, 4) is 5.75 Å². The highest BCUT2D eigenvalue weighted by atomic mass is 16.4. The predicted molar refractivity (Wildman–Crippen MR) is 80.2 cm³/mol. The zero-order valence-corrected chi connectivity index (χ0v) is 12.4. The number of rotatable bonds is 3. The number of nitrogens with zero attached hydrogens (tertiary/aromatic N) is 1. The molecule has 1 unspecified atom stereocenters. The minimum absolute atomic E-state index is 0.357. The van der Waals surface area contributed by atoms with Gasteiger partial charge >= 0.3 is 5.97 Å². The van der Waals surface area contributed by atoms with Crippen molar-refractivity contribution in [1.29, 1.82) is 0 Å². The van der Waals surface area contributed by atoms with Crippen LogP contribution >= 0.6 is 0 Å². The maximum Gasteiger partial charge on any atom is 0.325 e. The highest BCUT2D eigenvalue weighted by Crippen LogP contribution is 2.26. The maximum absolute atomic E-state index is 12.3. The number of aryl methyl sites for hydroxylation is 2. The average Bonchev–Trinajstić information content (AvgIpc) is 2.44. The number of nitrogens with one attached hydrogen (secondary N) is 1. The monoisotopic (exact) mass is 304 g/mol. The van der Waals surface area contributed by atoms with Gasteiger partial charge < -0.3 is 20.1 Å². The van der Waals surface area contributed by atoms with Gasteiger partial charge in [0.15, 0.2) is 0 Å². The van der Waals surface area contributed by atoms with Gasteiger partial charge in [-0.3, -0.25) is 14.4 Å². The molecule has 0 saturated heterocycles. The van der Waals surface area contributed by atoms with Crippen LogP contribution in [-0.4, -0.2) is 32.7 Å². The maximum atomic E-state index is 12.3. The summed E-state index contributed by atoms with van der Waals surface area (Å²) in [6.45, 7) is 3.09. The van der Waals surface area contributed by atoms with Crippen molar-refractivity contribution in [1.82, 2.24) is 9.88 Å². The number of aliphatic carboxylic acids is 1. The number of pyridine rings is 1. The van der Waals surface area contributed by atoms with Crippen molar-refractivity contribution in [3.63, 3.8) is 0 Å². The Labute approximate surface area is 125 Å². The molecule has 7 heteroatoms. The first-order valence-corrected chi connectivity index (χ1v) is 6.60. The van der Waals surface area contributed by atoms with Gasteiger partial charge in [-0.15, -0.1) is 0 Å². The summed E-state index contributed by atoms with van der Waals surface area (Å²) < 4.78 is 1.24. The van der Waals surface area contributed by atoms with Gasteiger partial charge in [0.25, 0.3) is 11.5 Å². The van der Waals surface area contributed by atoms with Crippen molar-refractivity contribution in [2.24, 2.45) is 7.05 Å². The summed E-state index contributed by atoms with van der Waals surface area (Å²) in [5, 5.41) is 21.6. The van der Waals surface area contributed by atoms with E-state index in [0.717, 1.165) is 5.56 Å². The first kappa shape index (κ1) is 15.6. The summed E-state index contributed by atoms with van der Waals surface area (Å²) in [6, 6.07) is 3.94. The number of hydrogen-bond donors (Lipinski definition) is 3. The van der Waals surface area contributed by atoms with E-state index < -0.39 is 34.8 Å². The average molecular weight is 304 g/mol. The van der Waals surface area contributed by atoms with Crippen LogP contribution in [0.3, 0.4) is 0 Å². The molecule has 0 aliphatic rings. The fourth-order valence-corrected chi connectivity index (χ4v) is 2.18. The first-order valence-electron chi connectivity index (χ1n) is 6.60. The third-order valence-electron chi connectivity index (χ3n) is 3.47. The number of aromatic hydroxyl groups is 1. The van der Waals surface area contributed by atoms with E-state index in [4.69, 9.17) is 5.11 Å². The van der Waals surface area contributed by atoms with Gasteiger partial charge in [-0.2, -0.15) is 0 Å². The number of carboxylic acids is 1. The molecule has 22 heavy (non-hydrogen) atoms. The topological polar surface area (TPSA) is 109 Å². The van der Waals surface area contributed by atoms with Crippen LogP contribution in [0.25, 0.3) is 10.9 Å². The summed E-state index contributed by atoms with van der Waals surface area (Å²) in [7, 11) is 1.48. The van der Waals surface area contributed by atoms with Crippen LogP contribution in [0.15, 0.2) is 23.0 Å². The lowest BCUT2D eigenvalue weighted by Crippen LogP contribution is -2.41. The minimum Gasteiger partial charge on any atom is -0.506 e. The predicted octanol–water partition coefficient (Wildman–Crippen LogP) is 0.755. The van der Waals surface area contributed by atoms with E-state index in [0.29, 0.717) is 10.9 Å². The Morgan fingerprint density at radius 2 is 1.95 bits per heavy atom. The third kappa shape index (κ3) is 2.52. The van der Waals surface area contributed by atoms with Crippen LogP contribution in [0.1, 0.15) is 22.8 Å². The fourth-order valence-electron chi connectivity index (χ4n) is 2.18. The van der Waals surface area contributed by atoms with Crippen molar-refractivity contribution >= 4 is 22.8 Å². The number of carboxylic acid groups (broad SMARTS) is 1. The Hall–Kier alpha value is -2.83. The molecule has 0 saturated carbocycles. The molecule has 0 spiro atoms. The van der Waals surface area contributed by atoms with Gasteiger partial charge in [0, 0.05) is 12.4 Å². The Morgan fingerprint density at radius 3 is 2.55 bits per heavy atom. The molecule has 2 aromatic rings. The standard InChI is InChI=1S/C15H16N2O5/c1-7-4-5-10-9(6-7)12(18)11(14(20)17(10)3)13(19)16-8(2)15(21)22/h4-6,8,18H,1-3H3,(H,16,19)(H,21,22). The van der Waals surface area contributed by atoms with Crippen molar-refractivity contribution in [3.05, 3.63) is 39.7 Å². The van der Waals surface area contributed by atoms with Crippen molar-refractivity contribution < 1.29 is 19.8 Å². The van der Waals surface area contributed by atoms with Crippen LogP contribution in [0, 0.1) is 6.92 Å². The molecule has 0 fully saturated rings. The SMILES string of the molecule is Cc1ccc2c(c1)c(O)c(C(=O)NC(C)C(=O)O)c(=O)n2C. The van der Waals surface area contributed by atoms with E-state index in [1.807, 2.05) is 6.92 Å². The molecule has 1 heterocycles. The molecule has 0 aliphatic heterocycles. The Kier molecular flexibility index (Phi) is 3.90. The molecule has 3 N–H and O–H groups in total. The zero-order valence-electron chi connectivity index (χ0n) is 12.4. The van der Waals surface area contributed by atoms with E-state index in [1.165, 1.54) is 18.5 Å². The van der Waals surface area contributed by atoms with E-state index in [2.05, 4.69) is 5.32 Å². The summed E-state index contributed by atoms with van der Waals surface area (Å²) in [5.74, 6) is -2.60. The Bertz CT molecular complexity index is 838. The largest absolute Gasteiger partial charge is 0.506 e. The van der Waals surface area contributed by atoms with Gasteiger partial charge in [-0.1, -0.05) is 11.6 Å². The number of fused-ring (bicyclic) bond motifs is 1.